The highest BCUT2D eigenvalue weighted by Gasteiger charge is 2.28. The first-order valence-electron chi connectivity index (χ1n) is 6.21. The molecule has 20 heavy (non-hydrogen) atoms. The lowest BCUT2D eigenvalue weighted by molar-refractivity contribution is -0.137. The second kappa shape index (κ2) is 7.28. The number of carboxylic acids is 1. The number of carbonyl (C=O) groups is 1. The molecule has 0 heterocycles. The highest BCUT2D eigenvalue weighted by molar-refractivity contribution is 7.85. The summed E-state index contributed by atoms with van der Waals surface area (Å²) in [5, 5.41) is 8.27. The Bertz CT molecular complexity index is 498. The Kier molecular flexibility index (Phi) is 6.01. The van der Waals surface area contributed by atoms with E-state index in [0.29, 0.717) is 11.5 Å². The van der Waals surface area contributed by atoms with E-state index in [9.17, 15) is 9.00 Å². The summed E-state index contributed by atoms with van der Waals surface area (Å²) in [4.78, 5) is 11.2. The van der Waals surface area contributed by atoms with E-state index >= 15 is 0 Å². The van der Waals surface area contributed by atoms with Crippen molar-refractivity contribution in [2.24, 2.45) is 5.92 Å². The monoisotopic (exact) mass is 300 g/mol. The summed E-state index contributed by atoms with van der Waals surface area (Å²) >= 11 is 0. The Morgan fingerprint density at radius 2 is 1.85 bits per heavy atom. The van der Waals surface area contributed by atoms with E-state index < -0.39 is 22.0 Å². The molecule has 0 amide bonds. The van der Waals surface area contributed by atoms with Crippen molar-refractivity contribution >= 4 is 16.8 Å². The Hall–Kier alpha value is -1.56. The van der Waals surface area contributed by atoms with Gasteiger partial charge in [0.15, 0.2) is 11.5 Å². The fraction of sp³-hybridized carbons (Fsp3) is 0.500. The van der Waals surface area contributed by atoms with Crippen molar-refractivity contribution in [3.63, 3.8) is 0 Å². The average molecular weight is 300 g/mol. The van der Waals surface area contributed by atoms with Crippen LogP contribution in [-0.4, -0.2) is 34.8 Å². The van der Waals surface area contributed by atoms with Crippen molar-refractivity contribution < 1.29 is 23.6 Å². The van der Waals surface area contributed by atoms with E-state index in [1.54, 1.807) is 32.0 Å². The van der Waals surface area contributed by atoms with Crippen LogP contribution in [0.3, 0.4) is 0 Å². The van der Waals surface area contributed by atoms with Crippen LogP contribution < -0.4 is 9.47 Å². The summed E-state index contributed by atoms with van der Waals surface area (Å²) < 4.78 is 22.5. The molecular weight excluding hydrogens is 280 g/mol. The van der Waals surface area contributed by atoms with Gasteiger partial charge in [0.25, 0.3) is 0 Å². The van der Waals surface area contributed by atoms with Crippen molar-refractivity contribution in [2.75, 3.05) is 14.2 Å². The highest BCUT2D eigenvalue weighted by Crippen LogP contribution is 2.28. The molecule has 1 aromatic carbocycles. The molecule has 2 unspecified atom stereocenters. The van der Waals surface area contributed by atoms with Gasteiger partial charge in [-0.05, 0) is 23.6 Å². The van der Waals surface area contributed by atoms with Crippen molar-refractivity contribution in [2.45, 2.75) is 24.9 Å². The normalized spacial score (nSPS) is 13.8. The molecule has 0 spiro atoms. The summed E-state index contributed by atoms with van der Waals surface area (Å²) in [6.45, 7) is 3.51. The Balaban J connectivity index is 2.92. The number of rotatable bonds is 7. The summed E-state index contributed by atoms with van der Waals surface area (Å²) in [6, 6.07) is 5.20. The molecule has 0 bridgehead atoms. The molecule has 0 fully saturated rings. The van der Waals surface area contributed by atoms with Crippen molar-refractivity contribution in [1.82, 2.24) is 0 Å². The standard InChI is InChI=1S/C14H20O5S/c1-9(2)13(14(15)16)20(17)8-10-5-6-11(18-3)12(7-10)19-4/h5-7,9,13H,8H2,1-4H3,(H,15,16). The Morgan fingerprint density at radius 3 is 2.30 bits per heavy atom. The summed E-state index contributed by atoms with van der Waals surface area (Å²) in [5.41, 5.74) is 0.757. The molecule has 0 aliphatic rings. The van der Waals surface area contributed by atoms with Crippen LogP contribution >= 0.6 is 0 Å². The second-order valence-electron chi connectivity index (χ2n) is 4.72. The van der Waals surface area contributed by atoms with E-state index in [-0.39, 0.29) is 11.7 Å². The lowest BCUT2D eigenvalue weighted by Gasteiger charge is -2.16. The van der Waals surface area contributed by atoms with Crippen LogP contribution in [0.2, 0.25) is 0 Å². The number of aliphatic carboxylic acids is 1. The average Bonchev–Trinajstić information content (AvgIpc) is 2.37. The minimum atomic E-state index is -1.48. The maximum Gasteiger partial charge on any atom is 0.319 e. The van der Waals surface area contributed by atoms with Gasteiger partial charge in [-0.15, -0.1) is 0 Å². The van der Waals surface area contributed by atoms with Gasteiger partial charge in [0.1, 0.15) is 5.25 Å². The van der Waals surface area contributed by atoms with Crippen LogP contribution in [0.4, 0.5) is 0 Å². The minimum absolute atomic E-state index is 0.176. The van der Waals surface area contributed by atoms with Gasteiger partial charge < -0.3 is 14.6 Å². The number of hydrogen-bond donors (Lipinski definition) is 1. The number of carboxylic acid groups (broad SMARTS) is 1. The lowest BCUT2D eigenvalue weighted by atomic mass is 10.1. The third kappa shape index (κ3) is 3.96. The van der Waals surface area contributed by atoms with Crippen molar-refractivity contribution in [1.29, 1.82) is 0 Å². The zero-order chi connectivity index (χ0) is 15.3. The molecule has 5 nitrogen and oxygen atoms in total. The van der Waals surface area contributed by atoms with Crippen LogP contribution in [0, 0.1) is 5.92 Å². The zero-order valence-corrected chi connectivity index (χ0v) is 12.9. The maximum absolute atomic E-state index is 12.2. The molecule has 0 saturated heterocycles. The van der Waals surface area contributed by atoms with Crippen LogP contribution in [0.15, 0.2) is 18.2 Å². The van der Waals surface area contributed by atoms with E-state index in [1.165, 1.54) is 14.2 Å². The molecule has 0 radical (unpaired) electrons. The van der Waals surface area contributed by atoms with E-state index in [2.05, 4.69) is 0 Å². The predicted octanol–water partition coefficient (Wildman–Crippen LogP) is 2.06. The first-order valence-corrected chi connectivity index (χ1v) is 7.59. The topological polar surface area (TPSA) is 72.8 Å². The maximum atomic E-state index is 12.2. The van der Waals surface area contributed by atoms with Gasteiger partial charge in [-0.2, -0.15) is 0 Å². The quantitative estimate of drug-likeness (QED) is 0.834. The fourth-order valence-electron chi connectivity index (χ4n) is 1.93. The first kappa shape index (κ1) is 16.5. The fourth-order valence-corrected chi connectivity index (χ4v) is 3.45. The Labute approximate surface area is 121 Å². The number of hydrogen-bond acceptors (Lipinski definition) is 4. The largest absolute Gasteiger partial charge is 0.493 e. The lowest BCUT2D eigenvalue weighted by Crippen LogP contribution is -2.31. The summed E-state index contributed by atoms with van der Waals surface area (Å²) in [7, 11) is 1.57. The molecule has 1 aromatic rings. The van der Waals surface area contributed by atoms with Gasteiger partial charge in [-0.25, -0.2) is 0 Å². The number of ether oxygens (including phenoxy) is 2. The SMILES string of the molecule is COc1ccc(CS(=O)C(C(=O)O)C(C)C)cc1OC. The van der Waals surface area contributed by atoms with Crippen LogP contribution in [0.5, 0.6) is 11.5 Å². The van der Waals surface area contributed by atoms with E-state index in [0.717, 1.165) is 5.56 Å². The van der Waals surface area contributed by atoms with Gasteiger partial charge in [0.2, 0.25) is 0 Å². The van der Waals surface area contributed by atoms with Gasteiger partial charge in [0, 0.05) is 16.6 Å². The second-order valence-corrected chi connectivity index (χ2v) is 6.28. The molecule has 6 heteroatoms. The minimum Gasteiger partial charge on any atom is -0.493 e. The van der Waals surface area contributed by atoms with Gasteiger partial charge in [0.05, 0.1) is 14.2 Å². The molecule has 0 aliphatic heterocycles. The third-order valence-corrected chi connectivity index (χ3v) is 4.82. The third-order valence-electron chi connectivity index (χ3n) is 2.89. The van der Waals surface area contributed by atoms with E-state index in [4.69, 9.17) is 14.6 Å². The summed E-state index contributed by atoms with van der Waals surface area (Å²) in [5.74, 6) is 0.0848. The molecule has 1 N–H and O–H groups in total. The van der Waals surface area contributed by atoms with Crippen LogP contribution in [0.25, 0.3) is 0 Å². The van der Waals surface area contributed by atoms with Gasteiger partial charge >= 0.3 is 5.97 Å². The van der Waals surface area contributed by atoms with Gasteiger partial charge in [-0.1, -0.05) is 19.9 Å². The molecule has 0 saturated carbocycles. The molecular formula is C14H20O5S. The summed E-state index contributed by atoms with van der Waals surface area (Å²) in [6.07, 6.45) is 0. The van der Waals surface area contributed by atoms with E-state index in [1.807, 2.05) is 0 Å². The zero-order valence-electron chi connectivity index (χ0n) is 12.1. The predicted molar refractivity (Wildman–Crippen MR) is 77.7 cm³/mol. The number of benzene rings is 1. The van der Waals surface area contributed by atoms with Crippen LogP contribution in [-0.2, 0) is 21.3 Å². The molecule has 2 atom stereocenters. The Morgan fingerprint density at radius 1 is 1.25 bits per heavy atom. The molecule has 0 aliphatic carbocycles. The smallest absolute Gasteiger partial charge is 0.319 e. The van der Waals surface area contributed by atoms with Crippen LogP contribution in [0.1, 0.15) is 19.4 Å². The first-order chi connectivity index (χ1) is 9.40. The highest BCUT2D eigenvalue weighted by atomic mass is 32.2. The van der Waals surface area contributed by atoms with Crippen molar-refractivity contribution in [3.05, 3.63) is 23.8 Å². The molecule has 0 aromatic heterocycles. The molecule has 112 valence electrons. The molecule has 1 rings (SSSR count). The number of methoxy groups -OCH3 is 2. The van der Waals surface area contributed by atoms with Crippen molar-refractivity contribution in [3.8, 4) is 11.5 Å². The van der Waals surface area contributed by atoms with Gasteiger partial charge in [-0.3, -0.25) is 9.00 Å².